The molecule has 16 aromatic carbocycles. The Morgan fingerprint density at radius 1 is 0.281 bits per heavy atom. The smallest absolute Gasteiger partial charge is 0.423 e. The van der Waals surface area contributed by atoms with Crippen LogP contribution in [0.3, 0.4) is 0 Å². The van der Waals surface area contributed by atoms with Crippen molar-refractivity contribution in [2.75, 3.05) is 0 Å². The number of hydrogen-bond acceptors (Lipinski definition) is 13. The Hall–Kier alpha value is -15.5. The fourth-order valence-electron chi connectivity index (χ4n) is 14.7. The fraction of sp³-hybridized carbons (Fsp3) is 0.00990. The summed E-state index contributed by atoms with van der Waals surface area (Å²) in [5.41, 5.74) is 14.7. The van der Waals surface area contributed by atoms with Gasteiger partial charge in [-0.3, -0.25) is 9.13 Å². The molecule has 582 valence electrons. The second-order valence-electron chi connectivity index (χ2n) is 28.4. The van der Waals surface area contributed by atoms with Gasteiger partial charge >= 0.3 is 22.7 Å². The third kappa shape index (κ3) is 16.4. The maximum atomic E-state index is 12.8. The van der Waals surface area contributed by atoms with Crippen LogP contribution in [0.25, 0.3) is 179 Å². The molecule has 15 nitrogen and oxygen atoms in total. The normalized spacial score (nSPS) is 11.4. The van der Waals surface area contributed by atoms with Gasteiger partial charge in [-0.15, -0.1) is 0 Å². The van der Waals surface area contributed by atoms with Gasteiger partial charge in [-0.2, -0.15) is 21.6 Å². The average molecular weight is 1600 g/mol. The number of hydrogen-bond donors (Lipinski definition) is 2. The quantitative estimate of drug-likeness (QED) is 0.0527. The molecule has 20 aromatic rings. The van der Waals surface area contributed by atoms with Crippen molar-refractivity contribution >= 4 is 66.3 Å². The average Bonchev–Trinajstić information content (AvgIpc) is 1.65. The molecule has 4 aromatic heterocycles. The van der Waals surface area contributed by atoms with Gasteiger partial charge in [0.1, 0.15) is 17.4 Å². The summed E-state index contributed by atoms with van der Waals surface area (Å²) in [4.78, 5) is 38.7. The van der Waals surface area contributed by atoms with Crippen molar-refractivity contribution in [3.63, 3.8) is 0 Å². The highest BCUT2D eigenvalue weighted by atomic mass is 32.2. The molecule has 0 aliphatic carbocycles. The fourth-order valence-corrected chi connectivity index (χ4v) is 15.1. The second-order valence-corrected chi connectivity index (χ2v) is 29.9. The number of nitrogens with zero attached hydrogens (tertiary/aromatic N) is 10. The van der Waals surface area contributed by atoms with Crippen LogP contribution in [-0.2, 0) is 10.1 Å². The summed E-state index contributed by atoms with van der Waals surface area (Å²) < 4.78 is 69.8. The second kappa shape index (κ2) is 33.6. The molecule has 20 rings (SSSR count). The molecule has 0 aliphatic heterocycles. The van der Waals surface area contributed by atoms with E-state index < -0.39 is 28.5 Å². The molecule has 0 fully saturated rings. The number of imidazole rings is 2. The molecule has 0 spiro atoms. The number of halogens is 3. The van der Waals surface area contributed by atoms with E-state index in [2.05, 4.69) is 141 Å². The number of benzene rings is 16. The van der Waals surface area contributed by atoms with E-state index in [0.717, 1.165) is 112 Å². The number of rotatable bonds is 16. The van der Waals surface area contributed by atoms with E-state index in [1.165, 1.54) is 40.1 Å². The molecular weight excluding hydrogens is 1530 g/mol. The summed E-state index contributed by atoms with van der Waals surface area (Å²) >= 11 is 0. The molecule has 0 unspecified atom stereocenters. The summed E-state index contributed by atoms with van der Waals surface area (Å²) in [5, 5.41) is 22.1. The molecule has 4 heterocycles. The van der Waals surface area contributed by atoms with Crippen molar-refractivity contribution in [3.05, 3.63) is 400 Å². The third-order valence-electron chi connectivity index (χ3n) is 20.6. The van der Waals surface area contributed by atoms with Crippen molar-refractivity contribution in [1.29, 1.82) is 0 Å². The summed E-state index contributed by atoms with van der Waals surface area (Å²) in [7, 11) is -7.24. The molecule has 0 saturated heterocycles. The lowest BCUT2D eigenvalue weighted by Crippen LogP contribution is -2.29. The topological polar surface area (TPSA) is 197 Å². The molecule has 0 bridgehead atoms. The molecule has 0 amide bonds. The van der Waals surface area contributed by atoms with Gasteiger partial charge < -0.3 is 14.2 Å². The summed E-state index contributed by atoms with van der Waals surface area (Å²) in [5.74, 6) is 4.86. The molecule has 0 radical (unpaired) electrons. The first-order chi connectivity index (χ1) is 59.2. The van der Waals surface area contributed by atoms with E-state index in [0.29, 0.717) is 51.2 Å². The van der Waals surface area contributed by atoms with E-state index in [-0.39, 0.29) is 0 Å². The Bertz CT molecular complexity index is 7120. The Morgan fingerprint density at radius 3 is 0.967 bits per heavy atom. The summed E-state index contributed by atoms with van der Waals surface area (Å²) in [6.07, 6.45) is 0. The predicted octanol–water partition coefficient (Wildman–Crippen LogP) is 22.7. The van der Waals surface area contributed by atoms with Crippen LogP contribution in [-0.4, -0.2) is 80.1 Å². The van der Waals surface area contributed by atoms with Crippen LogP contribution < -0.4 is 9.65 Å². The Balaban J connectivity index is 0.000000134. The van der Waals surface area contributed by atoms with Gasteiger partial charge in [-0.05, 0) is 127 Å². The molecule has 2 N–H and O–H groups in total. The van der Waals surface area contributed by atoms with Crippen molar-refractivity contribution in [1.82, 2.24) is 49.0 Å². The van der Waals surface area contributed by atoms with Gasteiger partial charge in [0.15, 0.2) is 34.9 Å². The van der Waals surface area contributed by atoms with E-state index in [1.54, 1.807) is 24.3 Å². The Morgan fingerprint density at radius 2 is 0.587 bits per heavy atom. The lowest BCUT2D eigenvalue weighted by molar-refractivity contribution is -0.0500. The van der Waals surface area contributed by atoms with E-state index in [9.17, 15) is 31.6 Å². The largest absolute Gasteiger partial charge is 0.534 e. The Kier molecular flexibility index (Phi) is 21.3. The number of para-hydroxylation sites is 6. The highest BCUT2D eigenvalue weighted by molar-refractivity contribution is 7.88. The number of aromatic nitrogens is 10. The molecular formula is C101H68BF3N10O5S. The van der Waals surface area contributed by atoms with Crippen molar-refractivity contribution in [3.8, 4) is 142 Å². The van der Waals surface area contributed by atoms with Crippen LogP contribution in [0.4, 0.5) is 13.2 Å². The maximum Gasteiger partial charge on any atom is 0.534 e. The van der Waals surface area contributed by atoms with E-state index in [1.807, 2.05) is 231 Å². The zero-order chi connectivity index (χ0) is 82.4. The van der Waals surface area contributed by atoms with Crippen LogP contribution in [0.5, 0.6) is 5.75 Å². The molecule has 0 atom stereocenters. The first-order valence-corrected chi connectivity index (χ1v) is 40.2. The van der Waals surface area contributed by atoms with E-state index >= 15 is 0 Å². The monoisotopic (exact) mass is 1600 g/mol. The van der Waals surface area contributed by atoms with Crippen LogP contribution >= 0.6 is 0 Å². The molecule has 0 aliphatic rings. The maximum absolute atomic E-state index is 12.8. The Labute approximate surface area is 694 Å². The third-order valence-corrected chi connectivity index (χ3v) is 21.6. The predicted molar refractivity (Wildman–Crippen MR) is 476 cm³/mol. The minimum Gasteiger partial charge on any atom is -0.423 e. The minimum atomic E-state index is -5.77. The van der Waals surface area contributed by atoms with Gasteiger partial charge in [0.2, 0.25) is 0 Å². The van der Waals surface area contributed by atoms with Gasteiger partial charge in [0.25, 0.3) is 0 Å². The first-order valence-electron chi connectivity index (χ1n) is 38.8. The van der Waals surface area contributed by atoms with Gasteiger partial charge in [0.05, 0.1) is 22.1 Å². The zero-order valence-electron chi connectivity index (χ0n) is 64.3. The summed E-state index contributed by atoms with van der Waals surface area (Å²) in [6.45, 7) is 0. The van der Waals surface area contributed by atoms with E-state index in [4.69, 9.17) is 39.9 Å². The SMILES string of the molecule is O=S(=O)(Oc1ccc2c(-c3ccc(-c4nc(-c5ccccc5)nc(-c5ccccc5)n4)cc3)cccc2c1)C(F)(F)F.OB(O)c1ccc(-c2nc3ccccc3n2-c2ccccc2)cc1.c1ccc(-c2nc(-c3ccccc3)nc(-c3ccc(-c4cccc5cc(-c6ccc(-c7nc8ccccc8n7-c7ccccc7)cc6)ccc45)cc3)n2)cc1. The van der Waals surface area contributed by atoms with Crippen LogP contribution in [0.1, 0.15) is 0 Å². The molecule has 20 heteroatoms. The summed E-state index contributed by atoms with van der Waals surface area (Å²) in [6, 6.07) is 131. The molecule has 121 heavy (non-hydrogen) atoms. The minimum absolute atomic E-state index is 0.425. The van der Waals surface area contributed by atoms with Crippen molar-refractivity contribution in [2.24, 2.45) is 0 Å². The van der Waals surface area contributed by atoms with Crippen LogP contribution in [0.15, 0.2) is 400 Å². The van der Waals surface area contributed by atoms with Gasteiger partial charge in [0, 0.05) is 55.9 Å². The van der Waals surface area contributed by atoms with Gasteiger partial charge in [-0.25, -0.2) is 39.9 Å². The van der Waals surface area contributed by atoms with Gasteiger partial charge in [-0.1, -0.05) is 334 Å². The lowest BCUT2D eigenvalue weighted by Gasteiger charge is -2.12. The number of fused-ring (bicyclic) bond motifs is 4. The van der Waals surface area contributed by atoms with Crippen LogP contribution in [0, 0.1) is 0 Å². The highest BCUT2D eigenvalue weighted by Crippen LogP contribution is 2.39. The highest BCUT2D eigenvalue weighted by Gasteiger charge is 2.48. The lowest BCUT2D eigenvalue weighted by atomic mass is 9.80. The first kappa shape index (κ1) is 76.8. The van der Waals surface area contributed by atoms with Crippen molar-refractivity contribution < 1.29 is 35.8 Å². The molecule has 0 saturated carbocycles. The zero-order valence-corrected chi connectivity index (χ0v) is 65.1. The van der Waals surface area contributed by atoms with Crippen LogP contribution in [0.2, 0.25) is 0 Å². The van der Waals surface area contributed by atoms with Crippen molar-refractivity contribution in [2.45, 2.75) is 5.51 Å². The number of alkyl halides is 3. The standard InChI is InChI=1S/C50H33N5.C32H20F3N3O3S.C19H15BN2O2/c1-4-13-36(14-5-1)47-52-48(37-15-6-2-7-16-37)54-49(53-47)38-27-25-35(26-28-38)43-20-12-17-41-33-40(31-32-44(41)43)34-23-29-39(30-24-34)50-51-45-21-10-11-22-46(45)55(50)42-18-8-3-9-19-42;33-32(34,35)42(39,40)41-26-18-19-28-25(20-26)12-7-13-27(28)21-14-16-24(17-15-21)31-37-29(22-8-3-1-4-9-22)36-30(38-31)23-10-5-2-6-11-23;23-20(24)15-12-10-14(11-13-15)19-21-17-8-4-5-9-18(17)22(19)16-6-2-1-3-7-16/h1-33H;1-20H;1-13,23-24H.